The predicted octanol–water partition coefficient (Wildman–Crippen LogP) is 2.80. The van der Waals surface area contributed by atoms with E-state index in [-0.39, 0.29) is 6.04 Å². The normalized spacial score (nSPS) is 12.4. The highest BCUT2D eigenvalue weighted by atomic mass is 32.1. The van der Waals surface area contributed by atoms with E-state index in [4.69, 9.17) is 5.73 Å². The van der Waals surface area contributed by atoms with Crippen molar-refractivity contribution in [3.05, 3.63) is 46.4 Å². The van der Waals surface area contributed by atoms with Crippen LogP contribution in [0, 0.1) is 0 Å². The molecule has 2 aromatic rings. The largest absolute Gasteiger partial charge is 0.369 e. The molecule has 0 saturated carbocycles. The van der Waals surface area contributed by atoms with Gasteiger partial charge in [-0.3, -0.25) is 0 Å². The maximum Gasteiger partial charge on any atom is 0.0795 e. The van der Waals surface area contributed by atoms with Crippen LogP contribution in [0.25, 0.3) is 0 Å². The van der Waals surface area contributed by atoms with Gasteiger partial charge in [0.05, 0.1) is 17.7 Å². The van der Waals surface area contributed by atoms with Crippen molar-refractivity contribution in [1.29, 1.82) is 0 Å². The van der Waals surface area contributed by atoms with Crippen LogP contribution in [-0.4, -0.2) is 12.0 Å². The zero-order valence-electron chi connectivity index (χ0n) is 10.1. The van der Waals surface area contributed by atoms with Crippen molar-refractivity contribution in [2.24, 2.45) is 5.73 Å². The first-order valence-corrected chi connectivity index (χ1v) is 6.55. The maximum absolute atomic E-state index is 5.83. The van der Waals surface area contributed by atoms with Gasteiger partial charge in [-0.1, -0.05) is 12.1 Å². The Labute approximate surface area is 106 Å². The van der Waals surface area contributed by atoms with E-state index in [0.717, 1.165) is 17.8 Å². The second kappa shape index (κ2) is 5.29. The first-order valence-electron chi connectivity index (χ1n) is 5.60. The highest BCUT2D eigenvalue weighted by molar-refractivity contribution is 7.07. The minimum atomic E-state index is 0.0906. The number of nitrogens with zero attached hydrogens (tertiary/aromatic N) is 2. The van der Waals surface area contributed by atoms with E-state index in [1.807, 2.05) is 12.4 Å². The number of hydrogen-bond acceptors (Lipinski definition) is 4. The van der Waals surface area contributed by atoms with Gasteiger partial charge in [0.15, 0.2) is 0 Å². The fourth-order valence-electron chi connectivity index (χ4n) is 1.68. The Morgan fingerprint density at radius 3 is 2.59 bits per heavy atom. The van der Waals surface area contributed by atoms with E-state index >= 15 is 0 Å². The summed E-state index contributed by atoms with van der Waals surface area (Å²) in [6.07, 6.45) is 0. The van der Waals surface area contributed by atoms with E-state index in [0.29, 0.717) is 0 Å². The van der Waals surface area contributed by atoms with Gasteiger partial charge < -0.3 is 10.6 Å². The van der Waals surface area contributed by atoms with Crippen molar-refractivity contribution in [2.45, 2.75) is 19.5 Å². The third-order valence-corrected chi connectivity index (χ3v) is 3.38. The summed E-state index contributed by atoms with van der Waals surface area (Å²) in [5, 5.41) is 2.08. The van der Waals surface area contributed by atoms with E-state index in [9.17, 15) is 0 Å². The van der Waals surface area contributed by atoms with Crippen molar-refractivity contribution in [2.75, 3.05) is 11.9 Å². The summed E-state index contributed by atoms with van der Waals surface area (Å²) in [4.78, 5) is 6.46. The molecule has 0 unspecified atom stereocenters. The van der Waals surface area contributed by atoms with Crippen LogP contribution in [0.5, 0.6) is 0 Å². The smallest absolute Gasteiger partial charge is 0.0795 e. The Morgan fingerprint density at radius 1 is 1.35 bits per heavy atom. The lowest BCUT2D eigenvalue weighted by molar-refractivity contribution is 0.816. The van der Waals surface area contributed by atoms with E-state index < -0.39 is 0 Å². The minimum Gasteiger partial charge on any atom is -0.369 e. The van der Waals surface area contributed by atoms with Crippen LogP contribution in [0.4, 0.5) is 5.69 Å². The van der Waals surface area contributed by atoms with E-state index in [1.54, 1.807) is 11.3 Å². The van der Waals surface area contributed by atoms with Crippen LogP contribution in [-0.2, 0) is 6.54 Å². The van der Waals surface area contributed by atoms with Crippen molar-refractivity contribution >= 4 is 17.0 Å². The molecule has 0 saturated heterocycles. The summed E-state index contributed by atoms with van der Waals surface area (Å²) >= 11 is 1.63. The van der Waals surface area contributed by atoms with Gasteiger partial charge in [0.2, 0.25) is 0 Å². The molecule has 2 rings (SSSR count). The monoisotopic (exact) mass is 247 g/mol. The zero-order valence-corrected chi connectivity index (χ0v) is 10.9. The van der Waals surface area contributed by atoms with Gasteiger partial charge >= 0.3 is 0 Å². The molecule has 0 spiro atoms. The molecule has 0 aliphatic heterocycles. The molecule has 4 heteroatoms. The van der Waals surface area contributed by atoms with Gasteiger partial charge in [-0.2, -0.15) is 0 Å². The van der Waals surface area contributed by atoms with Crippen LogP contribution in [0.3, 0.4) is 0 Å². The van der Waals surface area contributed by atoms with Crippen LogP contribution in [0.1, 0.15) is 24.2 Å². The standard InChI is InChI=1S/C13H17N3S/c1-10(14)11-3-5-13(6-4-11)16(2)7-12-8-17-9-15-12/h3-6,8-10H,7,14H2,1-2H3/t10-/m1/s1. The van der Waals surface area contributed by atoms with Gasteiger partial charge in [0.1, 0.15) is 0 Å². The molecule has 0 aliphatic rings. The molecule has 0 amide bonds. The van der Waals surface area contributed by atoms with E-state index in [1.165, 1.54) is 5.69 Å². The molecule has 1 aromatic carbocycles. The Kier molecular flexibility index (Phi) is 3.76. The Bertz CT molecular complexity index is 448. The van der Waals surface area contributed by atoms with Crippen LogP contribution < -0.4 is 10.6 Å². The Hall–Kier alpha value is -1.39. The molecule has 3 nitrogen and oxygen atoms in total. The highest BCUT2D eigenvalue weighted by Gasteiger charge is 2.04. The first kappa shape index (κ1) is 12.1. The number of nitrogens with two attached hydrogens (primary N) is 1. The summed E-state index contributed by atoms with van der Waals surface area (Å²) in [6.45, 7) is 2.83. The van der Waals surface area contributed by atoms with Crippen molar-refractivity contribution in [1.82, 2.24) is 4.98 Å². The molecule has 90 valence electrons. The molecule has 1 atom stereocenters. The molecule has 2 N–H and O–H groups in total. The third kappa shape index (κ3) is 3.05. The molecule has 17 heavy (non-hydrogen) atoms. The molecule has 1 heterocycles. The molecule has 0 fully saturated rings. The Morgan fingerprint density at radius 2 is 2.06 bits per heavy atom. The van der Waals surface area contributed by atoms with Crippen molar-refractivity contribution in [3.8, 4) is 0 Å². The first-order chi connectivity index (χ1) is 8.16. The quantitative estimate of drug-likeness (QED) is 0.903. The second-order valence-corrected chi connectivity index (χ2v) is 4.93. The van der Waals surface area contributed by atoms with Crippen LogP contribution in [0.15, 0.2) is 35.2 Å². The average Bonchev–Trinajstić information content (AvgIpc) is 2.82. The van der Waals surface area contributed by atoms with Gasteiger partial charge in [-0.25, -0.2) is 4.98 Å². The summed E-state index contributed by atoms with van der Waals surface area (Å²) in [6, 6.07) is 8.46. The van der Waals surface area contributed by atoms with Gasteiger partial charge in [0, 0.05) is 24.2 Å². The van der Waals surface area contributed by atoms with Gasteiger partial charge in [-0.05, 0) is 24.6 Å². The molecule has 0 bridgehead atoms. The molecule has 1 aromatic heterocycles. The molecule has 0 aliphatic carbocycles. The summed E-state index contributed by atoms with van der Waals surface area (Å²) in [7, 11) is 2.07. The number of anilines is 1. The van der Waals surface area contributed by atoms with Crippen molar-refractivity contribution in [3.63, 3.8) is 0 Å². The maximum atomic E-state index is 5.83. The van der Waals surface area contributed by atoms with Crippen molar-refractivity contribution < 1.29 is 0 Å². The fraction of sp³-hybridized carbons (Fsp3) is 0.308. The lowest BCUT2D eigenvalue weighted by Gasteiger charge is -2.18. The fourth-order valence-corrected chi connectivity index (χ4v) is 2.23. The van der Waals surface area contributed by atoms with Crippen LogP contribution >= 0.6 is 11.3 Å². The molecular formula is C13H17N3S. The third-order valence-electron chi connectivity index (χ3n) is 2.74. The highest BCUT2D eigenvalue weighted by Crippen LogP contribution is 2.18. The predicted molar refractivity (Wildman–Crippen MR) is 73.3 cm³/mol. The van der Waals surface area contributed by atoms with Gasteiger partial charge in [-0.15, -0.1) is 11.3 Å². The lowest BCUT2D eigenvalue weighted by atomic mass is 10.1. The summed E-state index contributed by atoms with van der Waals surface area (Å²) < 4.78 is 0. The number of thiazole rings is 1. The minimum absolute atomic E-state index is 0.0906. The zero-order chi connectivity index (χ0) is 12.3. The molecule has 0 radical (unpaired) electrons. The van der Waals surface area contributed by atoms with Gasteiger partial charge in [0.25, 0.3) is 0 Å². The summed E-state index contributed by atoms with van der Waals surface area (Å²) in [5.41, 5.74) is 11.1. The molecular weight excluding hydrogens is 230 g/mol. The average molecular weight is 247 g/mol. The second-order valence-electron chi connectivity index (χ2n) is 4.22. The Balaban J connectivity index is 2.06. The number of benzene rings is 1. The summed E-state index contributed by atoms with van der Waals surface area (Å²) in [5.74, 6) is 0. The SMILES string of the molecule is C[C@@H](N)c1ccc(N(C)Cc2cscn2)cc1. The number of aromatic nitrogens is 1. The van der Waals surface area contributed by atoms with Crippen LogP contribution in [0.2, 0.25) is 0 Å². The van der Waals surface area contributed by atoms with E-state index in [2.05, 4.69) is 46.6 Å². The number of hydrogen-bond donors (Lipinski definition) is 1. The number of rotatable bonds is 4. The lowest BCUT2D eigenvalue weighted by Crippen LogP contribution is -2.16. The topological polar surface area (TPSA) is 42.1 Å².